The molecule has 0 spiro atoms. The number of ketones is 1. The van der Waals surface area contributed by atoms with Gasteiger partial charge in [-0.3, -0.25) is 14.4 Å². The molecule has 4 aromatic rings. The number of esters is 1. The van der Waals surface area contributed by atoms with Crippen LogP contribution >= 0.6 is 0 Å². The maximum atomic E-state index is 13.0. The molecule has 0 bridgehead atoms. The van der Waals surface area contributed by atoms with Crippen molar-refractivity contribution in [2.75, 3.05) is 19.0 Å². The molecule has 0 saturated carbocycles. The lowest BCUT2D eigenvalue weighted by Gasteiger charge is -2.06. The fourth-order valence-electron chi connectivity index (χ4n) is 3.72. The van der Waals surface area contributed by atoms with Gasteiger partial charge >= 0.3 is 5.97 Å². The van der Waals surface area contributed by atoms with Gasteiger partial charge in [0.2, 0.25) is 12.2 Å². The zero-order valence-corrected chi connectivity index (χ0v) is 18.3. The number of hydrogen-bond donors (Lipinski definition) is 3. The third-order valence-electron chi connectivity index (χ3n) is 5.45. The van der Waals surface area contributed by atoms with Crippen LogP contribution in [0.1, 0.15) is 41.9 Å². The van der Waals surface area contributed by atoms with Gasteiger partial charge in [-0.2, -0.15) is 0 Å². The summed E-state index contributed by atoms with van der Waals surface area (Å²) in [6.45, 7) is 0.554. The fourth-order valence-corrected chi connectivity index (χ4v) is 3.72. The number of carbonyl (C=O) groups excluding carboxylic acids is 3. The highest BCUT2D eigenvalue weighted by atomic mass is 16.5. The highest BCUT2D eigenvalue weighted by molar-refractivity contribution is 6.11. The third kappa shape index (κ3) is 5.23. The standard InChI is InChI=1S/C25H25N3O5/c1-32-24(30)5-3-2-4-10-33-19-7-9-21-17(12-19)14-23(28-21)25(31)22-13-16-11-18(26-15-29)6-8-20(16)27-22/h6-9,11-15,27-28H,2-5,10H2,1H3,(H,26,29). The van der Waals surface area contributed by atoms with Crippen LogP contribution in [0.4, 0.5) is 5.69 Å². The lowest BCUT2D eigenvalue weighted by atomic mass is 10.2. The molecule has 0 saturated heterocycles. The molecule has 0 atom stereocenters. The number of rotatable bonds is 11. The first-order valence-corrected chi connectivity index (χ1v) is 10.8. The summed E-state index contributed by atoms with van der Waals surface area (Å²) in [5.74, 6) is 0.390. The van der Waals surface area contributed by atoms with E-state index < -0.39 is 0 Å². The van der Waals surface area contributed by atoms with Crippen molar-refractivity contribution in [3.8, 4) is 5.75 Å². The van der Waals surface area contributed by atoms with E-state index >= 15 is 0 Å². The maximum Gasteiger partial charge on any atom is 0.305 e. The summed E-state index contributed by atoms with van der Waals surface area (Å²) >= 11 is 0. The Balaban J connectivity index is 1.40. The molecule has 2 aromatic carbocycles. The number of aromatic amines is 2. The van der Waals surface area contributed by atoms with Crippen LogP contribution in [0.15, 0.2) is 48.5 Å². The average molecular weight is 447 g/mol. The molecule has 2 aromatic heterocycles. The quantitative estimate of drug-likeness (QED) is 0.135. The summed E-state index contributed by atoms with van der Waals surface area (Å²) in [6.07, 6.45) is 3.55. The molecule has 0 radical (unpaired) electrons. The normalized spacial score (nSPS) is 10.9. The highest BCUT2D eigenvalue weighted by Gasteiger charge is 2.15. The summed E-state index contributed by atoms with van der Waals surface area (Å²) in [6, 6.07) is 14.6. The van der Waals surface area contributed by atoms with Crippen LogP contribution in [0.5, 0.6) is 5.75 Å². The Morgan fingerprint density at radius 1 is 0.909 bits per heavy atom. The zero-order valence-electron chi connectivity index (χ0n) is 18.3. The molecule has 8 nitrogen and oxygen atoms in total. The summed E-state index contributed by atoms with van der Waals surface area (Å²) < 4.78 is 10.5. The molecule has 0 unspecified atom stereocenters. The second kappa shape index (κ2) is 10.0. The van der Waals surface area contributed by atoms with Crippen molar-refractivity contribution in [2.24, 2.45) is 0 Å². The first kappa shape index (κ1) is 22.1. The van der Waals surface area contributed by atoms with Crippen molar-refractivity contribution in [1.82, 2.24) is 9.97 Å². The van der Waals surface area contributed by atoms with Gasteiger partial charge in [0.05, 0.1) is 25.1 Å². The van der Waals surface area contributed by atoms with Crippen molar-refractivity contribution in [1.29, 1.82) is 0 Å². The Bertz CT molecular complexity index is 1300. The molecule has 4 rings (SSSR count). The summed E-state index contributed by atoms with van der Waals surface area (Å²) in [7, 11) is 1.39. The smallest absolute Gasteiger partial charge is 0.305 e. The molecular weight excluding hydrogens is 422 g/mol. The number of hydrogen-bond acceptors (Lipinski definition) is 5. The minimum absolute atomic E-state index is 0.152. The molecule has 170 valence electrons. The first-order valence-electron chi connectivity index (χ1n) is 10.8. The molecule has 1 amide bonds. The van der Waals surface area contributed by atoms with Gasteiger partial charge in [0.1, 0.15) is 5.75 Å². The SMILES string of the molecule is COC(=O)CCCCCOc1ccc2[nH]c(C(=O)c3cc4cc(NC=O)ccc4[nH]3)cc2c1. The number of nitrogens with one attached hydrogen (secondary N) is 3. The summed E-state index contributed by atoms with van der Waals surface area (Å²) in [4.78, 5) is 41.1. The monoisotopic (exact) mass is 447 g/mol. The van der Waals surface area contributed by atoms with E-state index in [-0.39, 0.29) is 11.8 Å². The molecule has 0 aliphatic carbocycles. The van der Waals surface area contributed by atoms with Crippen LogP contribution in [0.25, 0.3) is 21.8 Å². The summed E-state index contributed by atoms with van der Waals surface area (Å²) in [5.41, 5.74) is 3.26. The second-order valence-corrected chi connectivity index (χ2v) is 7.74. The van der Waals surface area contributed by atoms with E-state index in [1.165, 1.54) is 7.11 Å². The Morgan fingerprint density at radius 2 is 1.61 bits per heavy atom. The van der Waals surface area contributed by atoms with Crippen molar-refractivity contribution < 1.29 is 23.9 Å². The summed E-state index contributed by atoms with van der Waals surface area (Å²) in [5, 5.41) is 4.33. The molecule has 33 heavy (non-hydrogen) atoms. The maximum absolute atomic E-state index is 13.0. The van der Waals surface area contributed by atoms with Gasteiger partial charge in [-0.25, -0.2) is 0 Å². The van der Waals surface area contributed by atoms with Crippen LogP contribution < -0.4 is 10.1 Å². The van der Waals surface area contributed by atoms with Gasteiger partial charge in [0, 0.05) is 33.9 Å². The number of methoxy groups -OCH3 is 1. The lowest BCUT2D eigenvalue weighted by Crippen LogP contribution is -2.01. The minimum Gasteiger partial charge on any atom is -0.494 e. The predicted octanol–water partition coefficient (Wildman–Crippen LogP) is 4.56. The number of amides is 1. The first-order chi connectivity index (χ1) is 16.1. The van der Waals surface area contributed by atoms with E-state index in [1.54, 1.807) is 18.2 Å². The van der Waals surface area contributed by atoms with Gasteiger partial charge in [-0.05, 0) is 67.8 Å². The minimum atomic E-state index is -0.189. The number of H-pyrrole nitrogens is 2. The van der Waals surface area contributed by atoms with Crippen molar-refractivity contribution in [3.63, 3.8) is 0 Å². The predicted molar refractivity (Wildman–Crippen MR) is 126 cm³/mol. The molecular formula is C25H25N3O5. The Hall–Kier alpha value is -4.07. The van der Waals surface area contributed by atoms with Gasteiger partial charge in [-0.1, -0.05) is 0 Å². The molecule has 3 N–H and O–H groups in total. The van der Waals surface area contributed by atoms with Crippen molar-refractivity contribution >= 4 is 45.7 Å². The van der Waals surface area contributed by atoms with E-state index in [0.717, 1.165) is 46.8 Å². The Labute approximate surface area is 190 Å². The fraction of sp³-hybridized carbons (Fsp3) is 0.240. The van der Waals surface area contributed by atoms with Crippen LogP contribution in [0, 0.1) is 0 Å². The van der Waals surface area contributed by atoms with E-state index in [2.05, 4.69) is 20.0 Å². The van der Waals surface area contributed by atoms with E-state index in [4.69, 9.17) is 4.74 Å². The highest BCUT2D eigenvalue weighted by Crippen LogP contribution is 2.25. The molecule has 0 fully saturated rings. The van der Waals surface area contributed by atoms with Crippen LogP contribution in [-0.4, -0.2) is 41.8 Å². The van der Waals surface area contributed by atoms with Crippen LogP contribution in [0.2, 0.25) is 0 Å². The number of unbranched alkanes of at least 4 members (excludes halogenated alkanes) is 2. The Morgan fingerprint density at radius 3 is 2.30 bits per heavy atom. The number of anilines is 1. The second-order valence-electron chi connectivity index (χ2n) is 7.74. The van der Waals surface area contributed by atoms with Gasteiger partial charge in [0.15, 0.2) is 0 Å². The molecule has 8 heteroatoms. The number of aromatic nitrogens is 2. The van der Waals surface area contributed by atoms with Gasteiger partial charge < -0.3 is 24.8 Å². The van der Waals surface area contributed by atoms with Gasteiger partial charge in [0.25, 0.3) is 0 Å². The van der Waals surface area contributed by atoms with Gasteiger partial charge in [-0.15, -0.1) is 0 Å². The topological polar surface area (TPSA) is 113 Å². The van der Waals surface area contributed by atoms with Crippen molar-refractivity contribution in [2.45, 2.75) is 25.7 Å². The Kier molecular flexibility index (Phi) is 6.73. The number of fused-ring (bicyclic) bond motifs is 2. The van der Waals surface area contributed by atoms with E-state index in [9.17, 15) is 14.4 Å². The largest absolute Gasteiger partial charge is 0.494 e. The van der Waals surface area contributed by atoms with E-state index in [1.807, 2.05) is 30.3 Å². The third-order valence-corrected chi connectivity index (χ3v) is 5.45. The number of carbonyl (C=O) groups is 3. The molecule has 2 heterocycles. The van der Waals surface area contributed by atoms with Crippen LogP contribution in [0.3, 0.4) is 0 Å². The zero-order chi connectivity index (χ0) is 23.2. The molecule has 0 aliphatic heterocycles. The lowest BCUT2D eigenvalue weighted by molar-refractivity contribution is -0.140. The van der Waals surface area contributed by atoms with E-state index in [0.29, 0.717) is 36.5 Å². The molecule has 0 aliphatic rings. The number of benzene rings is 2. The number of ether oxygens (including phenoxy) is 2. The van der Waals surface area contributed by atoms with Crippen LogP contribution in [-0.2, 0) is 14.3 Å². The van der Waals surface area contributed by atoms with Crippen molar-refractivity contribution in [3.05, 3.63) is 59.9 Å². The average Bonchev–Trinajstić information content (AvgIpc) is 3.44.